The number of nitrogens with zero attached hydrogens (tertiary/aromatic N) is 2. The summed E-state index contributed by atoms with van der Waals surface area (Å²) >= 11 is 5.54. The van der Waals surface area contributed by atoms with Crippen molar-refractivity contribution in [2.75, 3.05) is 6.61 Å². The van der Waals surface area contributed by atoms with Gasteiger partial charge in [-0.25, -0.2) is 4.39 Å². The molecule has 0 radical (unpaired) electrons. The number of benzene rings is 1. The molecule has 0 aliphatic heterocycles. The lowest BCUT2D eigenvalue weighted by Gasteiger charge is -2.09. The van der Waals surface area contributed by atoms with Crippen LogP contribution in [0.1, 0.15) is 18.2 Å². The number of alkyl halides is 3. The standard InChI is InChI=1S/C16H14ClF4N3O4/c1-9(2-5-14-23-24-15(28-14)8-27-16(19,20)21)22-13(25)7-26-10-3-4-11(17)12(18)6-10/h3-4,6H,1-2,5,7-8H2,(H,22,25). The quantitative estimate of drug-likeness (QED) is 0.621. The van der Waals surface area contributed by atoms with E-state index in [9.17, 15) is 22.4 Å². The van der Waals surface area contributed by atoms with Crippen LogP contribution in [-0.4, -0.2) is 29.1 Å². The lowest BCUT2D eigenvalue weighted by Crippen LogP contribution is -2.28. The number of aryl methyl sites for hydroxylation is 1. The molecule has 1 aromatic heterocycles. The number of carbonyl (C=O) groups excluding carboxylic acids is 1. The molecule has 12 heteroatoms. The Bertz CT molecular complexity index is 842. The van der Waals surface area contributed by atoms with Crippen LogP contribution in [0.5, 0.6) is 5.75 Å². The summed E-state index contributed by atoms with van der Waals surface area (Å²) in [4.78, 5) is 11.8. The highest BCUT2D eigenvalue weighted by Crippen LogP contribution is 2.20. The van der Waals surface area contributed by atoms with E-state index < -0.39 is 24.7 Å². The van der Waals surface area contributed by atoms with E-state index in [4.69, 9.17) is 20.8 Å². The molecule has 0 unspecified atom stereocenters. The van der Waals surface area contributed by atoms with Crippen molar-refractivity contribution in [1.82, 2.24) is 15.5 Å². The highest BCUT2D eigenvalue weighted by molar-refractivity contribution is 6.30. The monoisotopic (exact) mass is 423 g/mol. The second-order valence-electron chi connectivity index (χ2n) is 5.34. The van der Waals surface area contributed by atoms with Crippen molar-refractivity contribution in [3.63, 3.8) is 0 Å². The molecule has 1 N–H and O–H groups in total. The first-order valence-corrected chi connectivity index (χ1v) is 8.07. The fraction of sp³-hybridized carbons (Fsp3) is 0.312. The molecular formula is C16H14ClF4N3O4. The number of ether oxygens (including phenoxy) is 2. The largest absolute Gasteiger partial charge is 0.523 e. The van der Waals surface area contributed by atoms with Crippen LogP contribution in [0.3, 0.4) is 0 Å². The van der Waals surface area contributed by atoms with Gasteiger partial charge in [-0.05, 0) is 18.6 Å². The first kappa shape index (κ1) is 21.6. The molecule has 0 fully saturated rings. The Morgan fingerprint density at radius 2 is 2.00 bits per heavy atom. The van der Waals surface area contributed by atoms with Crippen molar-refractivity contribution < 1.29 is 36.2 Å². The van der Waals surface area contributed by atoms with E-state index in [1.54, 1.807) is 0 Å². The zero-order valence-electron chi connectivity index (χ0n) is 14.2. The summed E-state index contributed by atoms with van der Waals surface area (Å²) in [5.41, 5.74) is 0.294. The number of allylic oxidation sites excluding steroid dienone is 1. The van der Waals surface area contributed by atoms with Crippen LogP contribution < -0.4 is 10.1 Å². The predicted octanol–water partition coefficient (Wildman–Crippen LogP) is 3.54. The van der Waals surface area contributed by atoms with Crippen molar-refractivity contribution in [2.24, 2.45) is 0 Å². The molecule has 0 spiro atoms. The van der Waals surface area contributed by atoms with E-state index in [0.717, 1.165) is 6.07 Å². The van der Waals surface area contributed by atoms with Gasteiger partial charge in [-0.15, -0.1) is 23.4 Å². The van der Waals surface area contributed by atoms with Gasteiger partial charge in [0.05, 0.1) is 5.02 Å². The SMILES string of the molecule is C=C(CCc1nnc(COC(F)(F)F)o1)NC(=O)COc1ccc(Cl)c(F)c1. The Kier molecular flexibility index (Phi) is 7.35. The summed E-state index contributed by atoms with van der Waals surface area (Å²) in [6.45, 7) is 2.36. The molecule has 0 bridgehead atoms. The normalized spacial score (nSPS) is 11.3. The molecule has 2 aromatic rings. The minimum Gasteiger partial charge on any atom is -0.484 e. The highest BCUT2D eigenvalue weighted by atomic mass is 35.5. The highest BCUT2D eigenvalue weighted by Gasteiger charge is 2.30. The van der Waals surface area contributed by atoms with Gasteiger partial charge in [0, 0.05) is 18.2 Å². The van der Waals surface area contributed by atoms with Crippen LogP contribution in [-0.2, 0) is 22.6 Å². The number of halogens is 5. The summed E-state index contributed by atoms with van der Waals surface area (Å²) in [5.74, 6) is -1.36. The van der Waals surface area contributed by atoms with Gasteiger partial charge in [-0.2, -0.15) is 0 Å². The number of hydrogen-bond donors (Lipinski definition) is 1. The Morgan fingerprint density at radius 1 is 1.29 bits per heavy atom. The van der Waals surface area contributed by atoms with E-state index in [0.29, 0.717) is 5.70 Å². The number of amides is 1. The first-order valence-electron chi connectivity index (χ1n) is 7.70. The average molecular weight is 424 g/mol. The number of carbonyl (C=O) groups is 1. The third-order valence-corrected chi connectivity index (χ3v) is 3.39. The van der Waals surface area contributed by atoms with Gasteiger partial charge in [-0.1, -0.05) is 18.2 Å². The third-order valence-electron chi connectivity index (χ3n) is 3.09. The number of aromatic nitrogens is 2. The zero-order valence-corrected chi connectivity index (χ0v) is 14.9. The van der Waals surface area contributed by atoms with Gasteiger partial charge >= 0.3 is 6.36 Å². The maximum absolute atomic E-state index is 13.3. The lowest BCUT2D eigenvalue weighted by molar-refractivity contribution is -0.332. The Hall–Kier alpha value is -2.66. The topological polar surface area (TPSA) is 86.5 Å². The van der Waals surface area contributed by atoms with E-state index in [1.165, 1.54) is 12.1 Å². The molecule has 0 saturated carbocycles. The smallest absolute Gasteiger partial charge is 0.484 e. The molecule has 0 atom stereocenters. The molecular weight excluding hydrogens is 410 g/mol. The fourth-order valence-corrected chi connectivity index (χ4v) is 1.98. The minimum absolute atomic E-state index is 0.0593. The summed E-state index contributed by atoms with van der Waals surface area (Å²) in [7, 11) is 0. The maximum atomic E-state index is 13.3. The molecule has 28 heavy (non-hydrogen) atoms. The van der Waals surface area contributed by atoms with Crippen LogP contribution in [0.4, 0.5) is 17.6 Å². The van der Waals surface area contributed by atoms with Crippen molar-refractivity contribution in [3.05, 3.63) is 53.1 Å². The minimum atomic E-state index is -4.80. The third kappa shape index (κ3) is 7.53. The van der Waals surface area contributed by atoms with Crippen LogP contribution >= 0.6 is 11.6 Å². The van der Waals surface area contributed by atoms with Crippen LogP contribution in [0.25, 0.3) is 0 Å². The first-order chi connectivity index (χ1) is 13.1. The van der Waals surface area contributed by atoms with Crippen molar-refractivity contribution >= 4 is 17.5 Å². The second kappa shape index (κ2) is 9.51. The number of hydrogen-bond acceptors (Lipinski definition) is 6. The molecule has 1 aromatic carbocycles. The second-order valence-corrected chi connectivity index (χ2v) is 5.75. The zero-order chi connectivity index (χ0) is 20.7. The van der Waals surface area contributed by atoms with Gasteiger partial charge < -0.3 is 14.5 Å². The van der Waals surface area contributed by atoms with Crippen LogP contribution in [0.15, 0.2) is 34.9 Å². The van der Waals surface area contributed by atoms with E-state index in [-0.39, 0.29) is 42.0 Å². The fourth-order valence-electron chi connectivity index (χ4n) is 1.86. The molecule has 152 valence electrons. The van der Waals surface area contributed by atoms with Gasteiger partial charge in [-0.3, -0.25) is 9.53 Å². The summed E-state index contributed by atoms with van der Waals surface area (Å²) < 4.78 is 62.8. The number of rotatable bonds is 9. The molecule has 7 nitrogen and oxygen atoms in total. The van der Waals surface area contributed by atoms with E-state index in [1.807, 2.05) is 0 Å². The van der Waals surface area contributed by atoms with E-state index >= 15 is 0 Å². The Balaban J connectivity index is 1.71. The summed E-state index contributed by atoms with van der Waals surface area (Å²) in [6, 6.07) is 3.74. The van der Waals surface area contributed by atoms with Crippen molar-refractivity contribution in [2.45, 2.75) is 25.8 Å². The van der Waals surface area contributed by atoms with Gasteiger partial charge in [0.2, 0.25) is 11.8 Å². The summed E-state index contributed by atoms with van der Waals surface area (Å²) in [6.07, 6.45) is -4.46. The Morgan fingerprint density at radius 3 is 2.68 bits per heavy atom. The van der Waals surface area contributed by atoms with Crippen molar-refractivity contribution in [1.29, 1.82) is 0 Å². The predicted molar refractivity (Wildman–Crippen MR) is 87.7 cm³/mol. The van der Waals surface area contributed by atoms with E-state index in [2.05, 4.69) is 26.8 Å². The molecule has 0 aliphatic rings. The van der Waals surface area contributed by atoms with Crippen molar-refractivity contribution in [3.8, 4) is 5.75 Å². The molecule has 0 saturated heterocycles. The summed E-state index contributed by atoms with van der Waals surface area (Å²) in [5, 5.41) is 9.37. The molecule has 0 aliphatic carbocycles. The maximum Gasteiger partial charge on any atom is 0.523 e. The van der Waals surface area contributed by atoms with Gasteiger partial charge in [0.25, 0.3) is 5.91 Å². The number of nitrogens with one attached hydrogen (secondary N) is 1. The lowest BCUT2D eigenvalue weighted by atomic mass is 10.2. The van der Waals surface area contributed by atoms with Crippen LogP contribution in [0, 0.1) is 5.82 Å². The Labute approximate surface area is 161 Å². The van der Waals surface area contributed by atoms with Gasteiger partial charge in [0.15, 0.2) is 6.61 Å². The van der Waals surface area contributed by atoms with Crippen LogP contribution in [0.2, 0.25) is 5.02 Å². The molecule has 2 rings (SSSR count). The molecule has 1 heterocycles. The van der Waals surface area contributed by atoms with Gasteiger partial charge in [0.1, 0.15) is 18.2 Å². The molecule has 1 amide bonds. The average Bonchev–Trinajstić information content (AvgIpc) is 3.07.